The minimum atomic E-state index is -0.875. The minimum Gasteiger partial charge on any atom is -0.349 e. The van der Waals surface area contributed by atoms with Crippen molar-refractivity contribution in [2.45, 2.75) is 45.7 Å². The Bertz CT molecular complexity index is 1190. The highest BCUT2D eigenvalue weighted by atomic mass is 16.2. The van der Waals surface area contributed by atoms with Crippen LogP contribution in [-0.4, -0.2) is 34.8 Å². The van der Waals surface area contributed by atoms with Gasteiger partial charge in [-0.3, -0.25) is 9.59 Å². The molecule has 0 aliphatic heterocycles. The smallest absolute Gasteiger partial charge is 0.254 e. The van der Waals surface area contributed by atoms with Crippen molar-refractivity contribution in [1.29, 1.82) is 0 Å². The van der Waals surface area contributed by atoms with Crippen molar-refractivity contribution in [3.63, 3.8) is 0 Å². The van der Waals surface area contributed by atoms with Crippen molar-refractivity contribution in [1.82, 2.24) is 10.2 Å². The fourth-order valence-electron chi connectivity index (χ4n) is 3.68. The Hall–Kier alpha value is -4.02. The highest BCUT2D eigenvalue weighted by Gasteiger charge is 2.34. The highest BCUT2D eigenvalue weighted by molar-refractivity contribution is 5.98. The molecule has 0 aromatic heterocycles. The molecule has 0 aliphatic rings. The van der Waals surface area contributed by atoms with Gasteiger partial charge in [-0.05, 0) is 57.5 Å². The summed E-state index contributed by atoms with van der Waals surface area (Å²) in [7, 11) is 0. The molecule has 0 fully saturated rings. The Morgan fingerprint density at radius 2 is 1.49 bits per heavy atom. The molecule has 0 spiro atoms. The van der Waals surface area contributed by atoms with Crippen LogP contribution in [-0.2, 0) is 4.79 Å². The predicted octanol–water partition coefficient (Wildman–Crippen LogP) is 6.33. The van der Waals surface area contributed by atoms with Gasteiger partial charge in [0.05, 0.1) is 11.4 Å². The van der Waals surface area contributed by atoms with Crippen molar-refractivity contribution in [3.8, 4) is 0 Å². The molecular weight excluding hydrogens is 436 g/mol. The molecule has 1 atom stereocenters. The molecule has 0 saturated heterocycles. The van der Waals surface area contributed by atoms with Crippen molar-refractivity contribution < 1.29 is 9.59 Å². The average Bonchev–Trinajstić information content (AvgIpc) is 2.84. The average molecular weight is 469 g/mol. The molecule has 0 bridgehead atoms. The van der Waals surface area contributed by atoms with Gasteiger partial charge in [-0.1, -0.05) is 61.5 Å². The first-order chi connectivity index (χ1) is 16.8. The van der Waals surface area contributed by atoms with Crippen LogP contribution in [0.5, 0.6) is 0 Å². The molecule has 35 heavy (non-hydrogen) atoms. The fourth-order valence-corrected chi connectivity index (χ4v) is 3.68. The number of carbonyl (C=O) groups is 2. The molecule has 0 heterocycles. The Morgan fingerprint density at radius 1 is 0.886 bits per heavy atom. The standard InChI is InChI=1S/C29H32N4O2/c1-5-20-33(28(35)22-14-8-6-9-15-22)26(27(34)32-29(2,3)4)24-18-12-13-19-25(24)31-21-30-23-16-10-7-11-17-23/h6-19,26H,5,20H2,1-4H3,(H,32,34). The fraction of sp³-hybridized carbons (Fsp3) is 0.276. The van der Waals surface area contributed by atoms with Crippen molar-refractivity contribution in [2.75, 3.05) is 6.54 Å². The number of benzene rings is 3. The Labute approximate surface area is 207 Å². The van der Waals surface area contributed by atoms with Crippen molar-refractivity contribution in [2.24, 2.45) is 9.98 Å². The monoisotopic (exact) mass is 468 g/mol. The lowest BCUT2D eigenvalue weighted by molar-refractivity contribution is -0.127. The SMILES string of the molecule is CCCN(C(=O)c1ccccc1)C(C(=O)NC(C)(C)C)c1ccccc1N=C=Nc1ccccc1. The molecule has 3 rings (SSSR count). The third kappa shape index (κ3) is 7.23. The number of nitrogens with zero attached hydrogens (tertiary/aromatic N) is 3. The lowest BCUT2D eigenvalue weighted by atomic mass is 9.99. The van der Waals surface area contributed by atoms with Gasteiger partial charge >= 0.3 is 0 Å². The van der Waals surface area contributed by atoms with Crippen LogP contribution in [0.3, 0.4) is 0 Å². The van der Waals surface area contributed by atoms with E-state index in [0.717, 1.165) is 5.69 Å². The van der Waals surface area contributed by atoms with Crippen molar-refractivity contribution in [3.05, 3.63) is 96.1 Å². The summed E-state index contributed by atoms with van der Waals surface area (Å²) in [5.41, 5.74) is 1.92. The topological polar surface area (TPSA) is 74.1 Å². The molecule has 0 radical (unpaired) electrons. The normalized spacial score (nSPS) is 11.7. The summed E-state index contributed by atoms with van der Waals surface area (Å²) < 4.78 is 0. The van der Waals surface area contributed by atoms with Gasteiger partial charge in [-0.2, -0.15) is 9.98 Å². The number of hydrogen-bond donors (Lipinski definition) is 1. The van der Waals surface area contributed by atoms with Crippen LogP contribution in [0, 0.1) is 0 Å². The summed E-state index contributed by atoms with van der Waals surface area (Å²) in [4.78, 5) is 37.6. The molecule has 3 aromatic carbocycles. The summed E-state index contributed by atoms with van der Waals surface area (Å²) in [5, 5.41) is 3.05. The largest absolute Gasteiger partial charge is 0.349 e. The van der Waals surface area contributed by atoms with Gasteiger partial charge in [0.25, 0.3) is 5.91 Å². The number of para-hydroxylation sites is 2. The van der Waals surface area contributed by atoms with E-state index in [1.54, 1.807) is 23.1 Å². The van der Waals surface area contributed by atoms with Gasteiger partial charge in [0.1, 0.15) is 12.1 Å². The second-order valence-electron chi connectivity index (χ2n) is 9.22. The maximum Gasteiger partial charge on any atom is 0.254 e. The summed E-state index contributed by atoms with van der Waals surface area (Å²) in [6.45, 7) is 8.15. The van der Waals surface area contributed by atoms with Crippen LogP contribution in [0.4, 0.5) is 11.4 Å². The summed E-state index contributed by atoms with van der Waals surface area (Å²) in [6, 6.07) is 27.6. The molecule has 0 saturated carbocycles. The highest BCUT2D eigenvalue weighted by Crippen LogP contribution is 2.32. The second kappa shape index (κ2) is 11.9. The molecule has 6 heteroatoms. The third-order valence-corrected chi connectivity index (χ3v) is 5.14. The Morgan fingerprint density at radius 3 is 2.11 bits per heavy atom. The zero-order valence-electron chi connectivity index (χ0n) is 20.7. The summed E-state index contributed by atoms with van der Waals surface area (Å²) >= 11 is 0. The van der Waals surface area contributed by atoms with Gasteiger partial charge in [-0.25, -0.2) is 0 Å². The number of aliphatic imine (C=N–C) groups is 2. The van der Waals surface area contributed by atoms with E-state index in [-0.39, 0.29) is 11.8 Å². The van der Waals surface area contributed by atoms with Gasteiger partial charge < -0.3 is 10.2 Å². The molecule has 1 unspecified atom stereocenters. The molecule has 180 valence electrons. The van der Waals surface area contributed by atoms with Crippen LogP contribution in [0.2, 0.25) is 0 Å². The van der Waals surface area contributed by atoms with Gasteiger partial charge in [0, 0.05) is 23.2 Å². The van der Waals surface area contributed by atoms with Crippen LogP contribution in [0.15, 0.2) is 94.9 Å². The lowest BCUT2D eigenvalue weighted by Crippen LogP contribution is -2.49. The number of rotatable bonds is 8. The third-order valence-electron chi connectivity index (χ3n) is 5.14. The first-order valence-corrected chi connectivity index (χ1v) is 11.8. The maximum absolute atomic E-state index is 13.7. The second-order valence-corrected chi connectivity index (χ2v) is 9.22. The van der Waals surface area contributed by atoms with E-state index >= 15 is 0 Å². The van der Waals surface area contributed by atoms with Crippen LogP contribution in [0.1, 0.15) is 56.1 Å². The summed E-state index contributed by atoms with van der Waals surface area (Å²) in [5.74, 6) is -0.476. The van der Waals surface area contributed by atoms with Crippen LogP contribution >= 0.6 is 0 Å². The van der Waals surface area contributed by atoms with E-state index in [4.69, 9.17) is 0 Å². The molecule has 2 amide bonds. The zero-order valence-corrected chi connectivity index (χ0v) is 20.7. The predicted molar refractivity (Wildman–Crippen MR) is 140 cm³/mol. The van der Waals surface area contributed by atoms with Gasteiger partial charge in [0.15, 0.2) is 0 Å². The first kappa shape index (κ1) is 25.6. The number of carbonyl (C=O) groups excluding carboxylic acids is 2. The molecule has 3 aromatic rings. The molecule has 0 aliphatic carbocycles. The summed E-state index contributed by atoms with van der Waals surface area (Å²) in [6.07, 6.45) is 0.693. The Kier molecular flexibility index (Phi) is 8.71. The Balaban J connectivity index is 2.10. The number of hydrogen-bond acceptors (Lipinski definition) is 4. The van der Waals surface area contributed by atoms with E-state index in [0.29, 0.717) is 29.8 Å². The number of nitrogens with one attached hydrogen (secondary N) is 1. The van der Waals surface area contributed by atoms with Crippen LogP contribution in [0.25, 0.3) is 0 Å². The van der Waals surface area contributed by atoms with Gasteiger partial charge in [-0.15, -0.1) is 0 Å². The molecular formula is C29H32N4O2. The molecule has 6 nitrogen and oxygen atoms in total. The quantitative estimate of drug-likeness (QED) is 0.392. The van der Waals surface area contributed by atoms with E-state index in [2.05, 4.69) is 21.3 Å². The lowest BCUT2D eigenvalue weighted by Gasteiger charge is -2.34. The van der Waals surface area contributed by atoms with Gasteiger partial charge in [0.2, 0.25) is 5.91 Å². The van der Waals surface area contributed by atoms with E-state index in [1.165, 1.54) is 0 Å². The van der Waals surface area contributed by atoms with E-state index in [1.807, 2.05) is 94.4 Å². The van der Waals surface area contributed by atoms with Crippen molar-refractivity contribution >= 4 is 29.2 Å². The maximum atomic E-state index is 13.7. The number of amides is 2. The van der Waals surface area contributed by atoms with E-state index < -0.39 is 11.6 Å². The first-order valence-electron chi connectivity index (χ1n) is 11.8. The zero-order chi connectivity index (χ0) is 25.3. The van der Waals surface area contributed by atoms with E-state index in [9.17, 15) is 9.59 Å². The van der Waals surface area contributed by atoms with Crippen LogP contribution < -0.4 is 5.32 Å². The molecule has 1 N–H and O–H groups in total. The minimum absolute atomic E-state index is 0.210.